The van der Waals surface area contributed by atoms with E-state index < -0.39 is 15.1 Å². The van der Waals surface area contributed by atoms with Gasteiger partial charge in [0.1, 0.15) is 5.25 Å². The van der Waals surface area contributed by atoms with Crippen LogP contribution < -0.4 is 5.32 Å². The normalized spacial score (nSPS) is 39.0. The highest BCUT2D eigenvalue weighted by atomic mass is 32.2. The molecule has 0 aromatic heterocycles. The van der Waals surface area contributed by atoms with E-state index in [0.717, 1.165) is 37.0 Å². The van der Waals surface area contributed by atoms with E-state index in [-0.39, 0.29) is 17.2 Å². The molecule has 4 bridgehead atoms. The minimum Gasteiger partial charge on any atom is -0.350 e. The van der Waals surface area contributed by atoms with Crippen molar-refractivity contribution in [1.82, 2.24) is 5.32 Å². The van der Waals surface area contributed by atoms with Gasteiger partial charge in [-0.15, -0.1) is 6.58 Å². The third-order valence-corrected chi connectivity index (χ3v) is 7.68. The van der Waals surface area contributed by atoms with Crippen molar-refractivity contribution in [3.63, 3.8) is 0 Å². The fourth-order valence-corrected chi connectivity index (χ4v) is 6.10. The summed E-state index contributed by atoms with van der Waals surface area (Å²) in [6.45, 7) is 4.95. The number of nitrogens with one attached hydrogen (secondary N) is 1. The largest absolute Gasteiger partial charge is 0.350 e. The van der Waals surface area contributed by atoms with Crippen LogP contribution in [-0.2, 0) is 14.6 Å². The van der Waals surface area contributed by atoms with Crippen LogP contribution in [-0.4, -0.2) is 30.9 Å². The first kappa shape index (κ1) is 15.1. The van der Waals surface area contributed by atoms with Gasteiger partial charge in [0.25, 0.3) is 0 Å². The van der Waals surface area contributed by atoms with Gasteiger partial charge in [-0.25, -0.2) is 8.42 Å². The van der Waals surface area contributed by atoms with Gasteiger partial charge in [0.15, 0.2) is 9.84 Å². The molecule has 4 saturated carbocycles. The van der Waals surface area contributed by atoms with Gasteiger partial charge in [-0.3, -0.25) is 4.79 Å². The minimum absolute atomic E-state index is 0.121. The van der Waals surface area contributed by atoms with Crippen molar-refractivity contribution >= 4 is 15.7 Å². The lowest BCUT2D eigenvalue weighted by Crippen LogP contribution is -2.61. The quantitative estimate of drug-likeness (QED) is 0.791. The van der Waals surface area contributed by atoms with Crippen LogP contribution in [0.5, 0.6) is 0 Å². The van der Waals surface area contributed by atoms with Crippen molar-refractivity contribution in [2.75, 3.05) is 5.75 Å². The summed E-state index contributed by atoms with van der Waals surface area (Å²) in [5.41, 5.74) is -0.121. The molecule has 21 heavy (non-hydrogen) atoms. The van der Waals surface area contributed by atoms with Gasteiger partial charge in [-0.1, -0.05) is 6.08 Å². The van der Waals surface area contributed by atoms with E-state index in [1.165, 1.54) is 32.3 Å². The Labute approximate surface area is 127 Å². The van der Waals surface area contributed by atoms with Crippen molar-refractivity contribution in [2.24, 2.45) is 17.8 Å². The Kier molecular flexibility index (Phi) is 3.67. The van der Waals surface area contributed by atoms with Crippen molar-refractivity contribution in [3.05, 3.63) is 12.7 Å². The summed E-state index contributed by atoms with van der Waals surface area (Å²) < 4.78 is 24.1. The van der Waals surface area contributed by atoms with Crippen LogP contribution in [0.3, 0.4) is 0 Å². The topological polar surface area (TPSA) is 63.2 Å². The third-order valence-electron chi connectivity index (χ3n) is 5.68. The van der Waals surface area contributed by atoms with Crippen LogP contribution in [0.2, 0.25) is 0 Å². The fourth-order valence-electron chi connectivity index (χ4n) is 5.10. The standard InChI is InChI=1S/C16H25NO3S/c1-3-4-21(19,20)11(2)15(18)17-16-8-12-5-13(9-16)7-14(6-12)10-16/h3,11-14H,1,4-10H2,2H3,(H,17,18). The van der Waals surface area contributed by atoms with Crippen molar-refractivity contribution in [2.45, 2.75) is 56.2 Å². The van der Waals surface area contributed by atoms with Crippen LogP contribution in [0, 0.1) is 17.8 Å². The molecule has 0 spiro atoms. The summed E-state index contributed by atoms with van der Waals surface area (Å²) in [4.78, 5) is 12.4. The number of hydrogen-bond donors (Lipinski definition) is 1. The van der Waals surface area contributed by atoms with Gasteiger partial charge in [0.05, 0.1) is 5.75 Å². The van der Waals surface area contributed by atoms with E-state index in [1.54, 1.807) is 0 Å². The molecule has 0 aliphatic heterocycles. The average molecular weight is 311 g/mol. The van der Waals surface area contributed by atoms with Crippen molar-refractivity contribution < 1.29 is 13.2 Å². The van der Waals surface area contributed by atoms with E-state index in [0.29, 0.717) is 0 Å². The first-order chi connectivity index (χ1) is 9.83. The molecule has 4 aliphatic rings. The van der Waals surface area contributed by atoms with Gasteiger partial charge in [-0.05, 0) is 63.2 Å². The van der Waals surface area contributed by atoms with Gasteiger partial charge < -0.3 is 5.32 Å². The monoisotopic (exact) mass is 311 g/mol. The lowest BCUT2D eigenvalue weighted by molar-refractivity contribution is -0.126. The second-order valence-corrected chi connectivity index (χ2v) is 9.81. The van der Waals surface area contributed by atoms with Crippen LogP contribution >= 0.6 is 0 Å². The lowest BCUT2D eigenvalue weighted by atomic mass is 9.53. The first-order valence-corrected chi connectivity index (χ1v) is 9.69. The van der Waals surface area contributed by atoms with Crippen LogP contribution in [0.1, 0.15) is 45.4 Å². The highest BCUT2D eigenvalue weighted by molar-refractivity contribution is 7.92. The molecule has 0 heterocycles. The molecule has 4 fully saturated rings. The van der Waals surface area contributed by atoms with E-state index >= 15 is 0 Å². The second-order valence-electron chi connectivity index (χ2n) is 7.45. The molecule has 118 valence electrons. The van der Waals surface area contributed by atoms with E-state index in [2.05, 4.69) is 11.9 Å². The molecule has 1 atom stereocenters. The maximum Gasteiger partial charge on any atom is 0.238 e. The first-order valence-electron chi connectivity index (χ1n) is 7.98. The number of amides is 1. The molecule has 0 saturated heterocycles. The highest BCUT2D eigenvalue weighted by Crippen LogP contribution is 2.55. The Hall–Kier alpha value is -0.840. The number of sulfone groups is 1. The zero-order valence-corrected chi connectivity index (χ0v) is 13.5. The highest BCUT2D eigenvalue weighted by Gasteiger charge is 2.52. The Morgan fingerprint density at radius 1 is 1.24 bits per heavy atom. The molecule has 1 unspecified atom stereocenters. The number of carbonyl (C=O) groups is 1. The molecule has 4 aliphatic carbocycles. The van der Waals surface area contributed by atoms with Gasteiger partial charge in [0, 0.05) is 5.54 Å². The Bertz CT molecular complexity index is 517. The van der Waals surface area contributed by atoms with Crippen LogP contribution in [0.15, 0.2) is 12.7 Å². The summed E-state index contributed by atoms with van der Waals surface area (Å²) in [6.07, 6.45) is 8.39. The lowest BCUT2D eigenvalue weighted by Gasteiger charge is -2.57. The van der Waals surface area contributed by atoms with Crippen LogP contribution in [0.4, 0.5) is 0 Å². The van der Waals surface area contributed by atoms with Crippen molar-refractivity contribution in [3.8, 4) is 0 Å². The van der Waals surface area contributed by atoms with Gasteiger partial charge in [-0.2, -0.15) is 0 Å². The molecule has 0 radical (unpaired) electrons. The molecule has 1 N–H and O–H groups in total. The Morgan fingerprint density at radius 3 is 2.14 bits per heavy atom. The van der Waals surface area contributed by atoms with E-state index in [9.17, 15) is 13.2 Å². The predicted octanol–water partition coefficient (Wildman–Crippen LogP) is 2.06. The van der Waals surface area contributed by atoms with E-state index in [4.69, 9.17) is 0 Å². The smallest absolute Gasteiger partial charge is 0.238 e. The zero-order chi connectivity index (χ0) is 15.3. The summed E-state index contributed by atoms with van der Waals surface area (Å²) >= 11 is 0. The maximum absolute atomic E-state index is 12.4. The summed E-state index contributed by atoms with van der Waals surface area (Å²) in [5, 5.41) is 2.15. The molecular formula is C16H25NO3S. The fraction of sp³-hybridized carbons (Fsp3) is 0.812. The summed E-state index contributed by atoms with van der Waals surface area (Å²) in [5.74, 6) is 1.74. The number of carbonyl (C=O) groups excluding carboxylic acids is 1. The van der Waals surface area contributed by atoms with E-state index in [1.807, 2.05) is 0 Å². The minimum atomic E-state index is -3.42. The molecule has 1 amide bonds. The molecular weight excluding hydrogens is 286 g/mol. The second kappa shape index (κ2) is 5.11. The molecule has 4 rings (SSSR count). The molecule has 5 heteroatoms. The molecule has 0 aromatic rings. The number of hydrogen-bond acceptors (Lipinski definition) is 3. The molecule has 0 aromatic carbocycles. The van der Waals surface area contributed by atoms with Gasteiger partial charge in [0.2, 0.25) is 5.91 Å². The number of rotatable bonds is 5. The zero-order valence-electron chi connectivity index (χ0n) is 12.7. The Morgan fingerprint density at radius 2 is 1.71 bits per heavy atom. The SMILES string of the molecule is C=CCS(=O)(=O)C(C)C(=O)NC12CC3CC(CC(C3)C1)C2. The van der Waals surface area contributed by atoms with Gasteiger partial charge >= 0.3 is 0 Å². The summed E-state index contributed by atoms with van der Waals surface area (Å²) in [6, 6.07) is 0. The van der Waals surface area contributed by atoms with Crippen molar-refractivity contribution in [1.29, 1.82) is 0 Å². The van der Waals surface area contributed by atoms with Crippen LogP contribution in [0.25, 0.3) is 0 Å². The summed E-state index contributed by atoms with van der Waals surface area (Å²) in [7, 11) is -3.42. The maximum atomic E-state index is 12.4. The third kappa shape index (κ3) is 2.77. The Balaban J connectivity index is 1.71. The predicted molar refractivity (Wildman–Crippen MR) is 82.5 cm³/mol. The average Bonchev–Trinajstić information content (AvgIpc) is 2.35. The molecule has 4 nitrogen and oxygen atoms in total.